The average molecular weight is 355 g/mol. The number of anilines is 1. The highest BCUT2D eigenvalue weighted by Crippen LogP contribution is 2.25. The molecule has 1 aliphatic rings. The van der Waals surface area contributed by atoms with Gasteiger partial charge in [-0.25, -0.2) is 0 Å². The van der Waals surface area contributed by atoms with Crippen LogP contribution in [0.1, 0.15) is 52.6 Å². The van der Waals surface area contributed by atoms with Crippen molar-refractivity contribution < 1.29 is 14.3 Å². The number of aryl methyl sites for hydroxylation is 1. The third kappa shape index (κ3) is 4.32. The number of fused-ring (bicyclic) bond motifs is 1. The van der Waals surface area contributed by atoms with Crippen LogP contribution >= 0.6 is 0 Å². The fourth-order valence-electron chi connectivity index (χ4n) is 3.12. The first-order valence-electron chi connectivity index (χ1n) is 9.17. The highest BCUT2D eigenvalue weighted by Gasteiger charge is 2.25. The summed E-state index contributed by atoms with van der Waals surface area (Å²) in [5.74, 6) is 0.460. The Morgan fingerprint density at radius 2 is 2.15 bits per heavy atom. The number of aromatic amines is 1. The molecule has 0 saturated heterocycles. The van der Waals surface area contributed by atoms with Gasteiger partial charge in [-0.15, -0.1) is 0 Å². The van der Waals surface area contributed by atoms with Gasteiger partial charge >= 0.3 is 0 Å². The Balaban J connectivity index is 1.62. The molecule has 0 unspecified atom stereocenters. The average Bonchev–Trinajstić information content (AvgIpc) is 3.08. The second kappa shape index (κ2) is 8.67. The standard InChI is InChI=1S/C20H25N3O3/c1-2-9-21-10-11-26-15-6-3-5-14(12-15)23-20(25)16-13-22-17-7-4-8-18(24)19(16)17/h3,5-6,12-13,21-22H,2,4,7-11H2,1H3,(H,23,25). The fraction of sp³-hybridized carbons (Fsp3) is 0.400. The zero-order valence-corrected chi connectivity index (χ0v) is 15.1. The quantitative estimate of drug-likeness (QED) is 0.635. The number of carbonyl (C=O) groups excluding carboxylic acids is 2. The summed E-state index contributed by atoms with van der Waals surface area (Å²) < 4.78 is 5.70. The number of aromatic nitrogens is 1. The van der Waals surface area contributed by atoms with Crippen molar-refractivity contribution in [1.82, 2.24) is 10.3 Å². The molecule has 1 heterocycles. The largest absolute Gasteiger partial charge is 0.492 e. The Morgan fingerprint density at radius 1 is 1.27 bits per heavy atom. The minimum Gasteiger partial charge on any atom is -0.492 e. The maximum Gasteiger partial charge on any atom is 0.257 e. The molecule has 26 heavy (non-hydrogen) atoms. The molecule has 1 aromatic carbocycles. The molecule has 0 radical (unpaired) electrons. The molecule has 138 valence electrons. The molecule has 0 spiro atoms. The Kier molecular flexibility index (Phi) is 6.07. The van der Waals surface area contributed by atoms with Crippen LogP contribution in [0.25, 0.3) is 0 Å². The maximum atomic E-state index is 12.6. The first kappa shape index (κ1) is 18.2. The van der Waals surface area contributed by atoms with Gasteiger partial charge in [0.2, 0.25) is 0 Å². The van der Waals surface area contributed by atoms with Crippen molar-refractivity contribution in [3.63, 3.8) is 0 Å². The number of ether oxygens (including phenoxy) is 1. The van der Waals surface area contributed by atoms with E-state index in [0.29, 0.717) is 35.6 Å². The van der Waals surface area contributed by atoms with Gasteiger partial charge in [-0.1, -0.05) is 13.0 Å². The normalized spacial score (nSPS) is 13.3. The second-order valence-electron chi connectivity index (χ2n) is 6.41. The first-order chi connectivity index (χ1) is 12.7. The lowest BCUT2D eigenvalue weighted by Gasteiger charge is -2.12. The summed E-state index contributed by atoms with van der Waals surface area (Å²) in [6, 6.07) is 7.29. The summed E-state index contributed by atoms with van der Waals surface area (Å²) in [6.07, 6.45) is 4.86. The molecule has 1 aromatic heterocycles. The van der Waals surface area contributed by atoms with E-state index in [2.05, 4.69) is 22.5 Å². The molecule has 1 aliphatic carbocycles. The van der Waals surface area contributed by atoms with Crippen LogP contribution in [0.5, 0.6) is 5.75 Å². The van der Waals surface area contributed by atoms with Crippen molar-refractivity contribution in [3.05, 3.63) is 47.3 Å². The number of H-pyrrole nitrogens is 1. The Hall–Kier alpha value is -2.60. The lowest BCUT2D eigenvalue weighted by atomic mass is 9.93. The van der Waals surface area contributed by atoms with Gasteiger partial charge < -0.3 is 20.4 Å². The topological polar surface area (TPSA) is 83.2 Å². The highest BCUT2D eigenvalue weighted by atomic mass is 16.5. The molecule has 0 bridgehead atoms. The van der Waals surface area contributed by atoms with Crippen LogP contribution < -0.4 is 15.4 Å². The highest BCUT2D eigenvalue weighted by molar-refractivity contribution is 6.13. The van der Waals surface area contributed by atoms with Gasteiger partial charge in [0.1, 0.15) is 12.4 Å². The minimum absolute atomic E-state index is 0.0364. The Labute approximate surface area is 153 Å². The van der Waals surface area contributed by atoms with Crippen molar-refractivity contribution in [2.24, 2.45) is 0 Å². The number of amides is 1. The molecule has 1 amide bonds. The molecule has 2 aromatic rings. The molecule has 0 fully saturated rings. The summed E-state index contributed by atoms with van der Waals surface area (Å²) in [5.41, 5.74) is 2.47. The van der Waals surface area contributed by atoms with Gasteiger partial charge in [0.15, 0.2) is 5.78 Å². The molecular weight excluding hydrogens is 330 g/mol. The number of hydrogen-bond acceptors (Lipinski definition) is 4. The van der Waals surface area contributed by atoms with E-state index in [1.165, 1.54) is 0 Å². The number of nitrogens with one attached hydrogen (secondary N) is 3. The van der Waals surface area contributed by atoms with Crippen LogP contribution in [-0.2, 0) is 6.42 Å². The van der Waals surface area contributed by atoms with E-state index in [4.69, 9.17) is 4.74 Å². The van der Waals surface area contributed by atoms with E-state index in [9.17, 15) is 9.59 Å². The number of Topliss-reactive ketones (excluding diaryl/α,β-unsaturated/α-hetero) is 1. The summed E-state index contributed by atoms with van der Waals surface area (Å²) in [7, 11) is 0. The number of benzene rings is 1. The summed E-state index contributed by atoms with van der Waals surface area (Å²) in [4.78, 5) is 27.8. The smallest absolute Gasteiger partial charge is 0.257 e. The number of ketones is 1. The summed E-state index contributed by atoms with van der Waals surface area (Å²) in [5, 5.41) is 6.13. The lowest BCUT2D eigenvalue weighted by Crippen LogP contribution is -2.21. The Bertz CT molecular complexity index is 782. The molecule has 0 aliphatic heterocycles. The first-order valence-corrected chi connectivity index (χ1v) is 9.17. The predicted molar refractivity (Wildman–Crippen MR) is 101 cm³/mol. The third-order valence-corrected chi connectivity index (χ3v) is 4.38. The van der Waals surface area contributed by atoms with Crippen LogP contribution in [0.15, 0.2) is 30.5 Å². The van der Waals surface area contributed by atoms with E-state index in [1.807, 2.05) is 12.1 Å². The van der Waals surface area contributed by atoms with Gasteiger partial charge in [0, 0.05) is 36.6 Å². The number of rotatable bonds is 8. The van der Waals surface area contributed by atoms with Gasteiger partial charge in [-0.3, -0.25) is 9.59 Å². The number of hydrogen-bond donors (Lipinski definition) is 3. The fourth-order valence-corrected chi connectivity index (χ4v) is 3.12. The number of carbonyl (C=O) groups is 2. The van der Waals surface area contributed by atoms with Crippen molar-refractivity contribution in [1.29, 1.82) is 0 Å². The zero-order chi connectivity index (χ0) is 18.4. The van der Waals surface area contributed by atoms with Gasteiger partial charge in [0.25, 0.3) is 5.91 Å². The minimum atomic E-state index is -0.278. The van der Waals surface area contributed by atoms with Gasteiger partial charge in [-0.05, 0) is 37.9 Å². The van der Waals surface area contributed by atoms with Crippen molar-refractivity contribution >= 4 is 17.4 Å². The zero-order valence-electron chi connectivity index (χ0n) is 15.1. The third-order valence-electron chi connectivity index (χ3n) is 4.38. The van der Waals surface area contributed by atoms with Crippen LogP contribution in [-0.4, -0.2) is 36.4 Å². The lowest BCUT2D eigenvalue weighted by molar-refractivity contribution is 0.0956. The van der Waals surface area contributed by atoms with E-state index >= 15 is 0 Å². The van der Waals surface area contributed by atoms with Crippen LogP contribution in [0.3, 0.4) is 0 Å². The monoisotopic (exact) mass is 355 g/mol. The molecule has 3 rings (SSSR count). The van der Waals surface area contributed by atoms with E-state index in [-0.39, 0.29) is 11.7 Å². The van der Waals surface area contributed by atoms with Crippen molar-refractivity contribution in [3.8, 4) is 5.75 Å². The van der Waals surface area contributed by atoms with E-state index < -0.39 is 0 Å². The van der Waals surface area contributed by atoms with Gasteiger partial charge in [0.05, 0.1) is 11.1 Å². The molecule has 0 atom stereocenters. The Morgan fingerprint density at radius 3 is 3.00 bits per heavy atom. The van der Waals surface area contributed by atoms with E-state index in [0.717, 1.165) is 38.0 Å². The second-order valence-corrected chi connectivity index (χ2v) is 6.41. The molecule has 6 nitrogen and oxygen atoms in total. The van der Waals surface area contributed by atoms with Crippen LogP contribution in [0.4, 0.5) is 5.69 Å². The van der Waals surface area contributed by atoms with E-state index in [1.54, 1.807) is 18.3 Å². The SMILES string of the molecule is CCCNCCOc1cccc(NC(=O)c2c[nH]c3c2C(=O)CCC3)c1. The van der Waals surface area contributed by atoms with Gasteiger partial charge in [-0.2, -0.15) is 0 Å². The molecule has 0 saturated carbocycles. The van der Waals surface area contributed by atoms with Crippen molar-refractivity contribution in [2.45, 2.75) is 32.6 Å². The van der Waals surface area contributed by atoms with Crippen molar-refractivity contribution in [2.75, 3.05) is 25.0 Å². The maximum absolute atomic E-state index is 12.6. The summed E-state index contributed by atoms with van der Waals surface area (Å²) in [6.45, 7) is 4.44. The predicted octanol–water partition coefficient (Wildman–Crippen LogP) is 3.16. The molecular formula is C20H25N3O3. The summed E-state index contributed by atoms with van der Waals surface area (Å²) >= 11 is 0. The molecule has 6 heteroatoms. The molecule has 3 N–H and O–H groups in total. The van der Waals surface area contributed by atoms with Crippen LogP contribution in [0.2, 0.25) is 0 Å². The van der Waals surface area contributed by atoms with Crippen LogP contribution in [0, 0.1) is 0 Å².